The molecule has 2 rings (SSSR count). The first-order chi connectivity index (χ1) is 7.35. The van der Waals surface area contributed by atoms with Gasteiger partial charge in [-0.15, -0.1) is 0 Å². The third-order valence-electron chi connectivity index (χ3n) is 1.99. The number of nitrogens with zero attached hydrogens (tertiary/aromatic N) is 2. The highest BCUT2D eigenvalue weighted by Gasteiger charge is 2.11. The minimum absolute atomic E-state index is 0.764. The van der Waals surface area contributed by atoms with Crippen LogP contribution < -0.4 is 4.18 Å². The van der Waals surface area contributed by atoms with E-state index in [1.54, 1.807) is 12.4 Å². The van der Waals surface area contributed by atoms with Gasteiger partial charge in [-0.2, -0.15) is 0 Å². The van der Waals surface area contributed by atoms with Gasteiger partial charge in [0.15, 0.2) is 0 Å². The van der Waals surface area contributed by atoms with Gasteiger partial charge in [-0.3, -0.25) is 4.98 Å². The van der Waals surface area contributed by atoms with Gasteiger partial charge in [-0.1, -0.05) is 18.3 Å². The molecule has 0 saturated heterocycles. The molecule has 2 heterocycles. The monoisotopic (exact) mass is 238 g/mol. The molecule has 0 N–H and O–H groups in total. The number of rotatable bonds is 3. The summed E-state index contributed by atoms with van der Waals surface area (Å²) in [6.45, 7) is 2.04. The second-order valence-electron chi connectivity index (χ2n) is 2.94. The Balaban J connectivity index is 2.42. The molecular weight excluding hydrogens is 228 g/mol. The second-order valence-corrected chi connectivity index (χ2v) is 4.08. The molecule has 0 atom stereocenters. The molecular formula is C10H10N2OS2. The summed E-state index contributed by atoms with van der Waals surface area (Å²) >= 11 is 5.30. The third-order valence-corrected chi connectivity index (χ3v) is 3.32. The maximum absolute atomic E-state index is 4.97. The fraction of sp³-hybridized carbons (Fsp3) is 0.200. The summed E-state index contributed by atoms with van der Waals surface area (Å²) in [7, 11) is 0. The Morgan fingerprint density at radius 3 is 2.93 bits per heavy atom. The lowest BCUT2D eigenvalue weighted by atomic mass is 10.3. The first kappa shape index (κ1) is 10.4. The predicted molar refractivity (Wildman–Crippen MR) is 64.3 cm³/mol. The van der Waals surface area contributed by atoms with Gasteiger partial charge in [0.05, 0.1) is 5.69 Å². The fourth-order valence-corrected chi connectivity index (χ4v) is 2.38. The molecule has 0 bridgehead atoms. The Bertz CT molecular complexity index is 420. The van der Waals surface area contributed by atoms with E-state index in [4.69, 9.17) is 4.18 Å². The summed E-state index contributed by atoms with van der Waals surface area (Å²) < 4.78 is 4.97. The quantitative estimate of drug-likeness (QED) is 0.659. The molecule has 5 heteroatoms. The highest BCUT2D eigenvalue weighted by molar-refractivity contribution is 7.75. The summed E-state index contributed by atoms with van der Waals surface area (Å²) in [5.41, 5.74) is 1.95. The van der Waals surface area contributed by atoms with Crippen LogP contribution in [0.15, 0.2) is 24.5 Å². The zero-order valence-electron chi connectivity index (χ0n) is 8.17. The number of hydrogen-bond acceptors (Lipinski definition) is 5. The summed E-state index contributed by atoms with van der Waals surface area (Å²) in [6, 6.07) is 3.87. The van der Waals surface area contributed by atoms with Gasteiger partial charge in [-0.05, 0) is 18.6 Å². The Hall–Kier alpha value is -1.07. The first-order valence-corrected chi connectivity index (χ1v) is 5.74. The maximum atomic E-state index is 4.97. The van der Waals surface area contributed by atoms with E-state index in [1.165, 1.54) is 11.3 Å². The molecule has 2 aromatic heterocycles. The van der Waals surface area contributed by atoms with Crippen LogP contribution in [-0.2, 0) is 6.42 Å². The number of thiazole rings is 1. The van der Waals surface area contributed by atoms with Crippen molar-refractivity contribution in [3.63, 3.8) is 0 Å². The molecule has 0 aliphatic carbocycles. The van der Waals surface area contributed by atoms with Crippen LogP contribution in [0, 0.1) is 0 Å². The van der Waals surface area contributed by atoms with Crippen molar-refractivity contribution < 1.29 is 4.18 Å². The topological polar surface area (TPSA) is 35.0 Å². The third kappa shape index (κ3) is 2.13. The molecule has 0 amide bonds. The van der Waals surface area contributed by atoms with E-state index in [2.05, 4.69) is 22.9 Å². The Kier molecular flexibility index (Phi) is 3.23. The predicted octanol–water partition coefficient (Wildman–Crippen LogP) is 2.99. The molecule has 0 radical (unpaired) electrons. The Morgan fingerprint density at radius 2 is 2.40 bits per heavy atom. The highest BCUT2D eigenvalue weighted by atomic mass is 32.1. The molecule has 0 aliphatic rings. The van der Waals surface area contributed by atoms with Crippen LogP contribution in [0.3, 0.4) is 0 Å². The molecule has 0 unspecified atom stereocenters. The van der Waals surface area contributed by atoms with Crippen molar-refractivity contribution in [2.24, 2.45) is 0 Å². The molecule has 0 fully saturated rings. The Labute approximate surface area is 97.8 Å². The smallest absolute Gasteiger partial charge is 0.214 e. The molecule has 0 aliphatic heterocycles. The number of aryl methyl sites for hydroxylation is 1. The fourth-order valence-electron chi connectivity index (χ4n) is 1.25. The van der Waals surface area contributed by atoms with E-state index in [0.29, 0.717) is 0 Å². The molecule has 0 aromatic carbocycles. The van der Waals surface area contributed by atoms with Gasteiger partial charge in [0.1, 0.15) is 5.01 Å². The second kappa shape index (κ2) is 4.63. The summed E-state index contributed by atoms with van der Waals surface area (Å²) in [5.74, 6) is 0. The summed E-state index contributed by atoms with van der Waals surface area (Å²) in [5, 5.41) is 1.68. The summed E-state index contributed by atoms with van der Waals surface area (Å²) in [4.78, 5) is 8.53. The van der Waals surface area contributed by atoms with Gasteiger partial charge >= 0.3 is 0 Å². The minimum Gasteiger partial charge on any atom is -0.416 e. The highest BCUT2D eigenvalue weighted by Crippen LogP contribution is 2.34. The Morgan fingerprint density at radius 1 is 1.53 bits per heavy atom. The zero-order valence-corrected chi connectivity index (χ0v) is 9.89. The van der Waals surface area contributed by atoms with Gasteiger partial charge in [-0.25, -0.2) is 4.98 Å². The van der Waals surface area contributed by atoms with Crippen molar-refractivity contribution in [3.05, 3.63) is 30.2 Å². The van der Waals surface area contributed by atoms with Crippen LogP contribution >= 0.6 is 24.2 Å². The lowest BCUT2D eigenvalue weighted by Crippen LogP contribution is -1.83. The van der Waals surface area contributed by atoms with E-state index >= 15 is 0 Å². The van der Waals surface area contributed by atoms with Crippen molar-refractivity contribution in [2.75, 3.05) is 0 Å². The van der Waals surface area contributed by atoms with Crippen molar-refractivity contribution in [3.8, 4) is 15.6 Å². The van der Waals surface area contributed by atoms with E-state index in [1.807, 2.05) is 19.1 Å². The van der Waals surface area contributed by atoms with E-state index in [0.717, 1.165) is 27.7 Å². The van der Waals surface area contributed by atoms with E-state index < -0.39 is 0 Å². The molecule has 2 aromatic rings. The minimum atomic E-state index is 0.764. The largest absolute Gasteiger partial charge is 0.416 e. The molecule has 15 heavy (non-hydrogen) atoms. The van der Waals surface area contributed by atoms with E-state index in [-0.39, 0.29) is 0 Å². The number of aromatic nitrogens is 2. The van der Waals surface area contributed by atoms with Crippen LogP contribution in [0.5, 0.6) is 5.06 Å². The molecule has 78 valence electrons. The van der Waals surface area contributed by atoms with Gasteiger partial charge in [0.25, 0.3) is 0 Å². The van der Waals surface area contributed by atoms with Crippen molar-refractivity contribution in [1.82, 2.24) is 9.97 Å². The number of pyridine rings is 1. The van der Waals surface area contributed by atoms with E-state index in [9.17, 15) is 0 Å². The SMILES string of the molecule is CCc1nc(-c2cccnc2)sc1OS. The average Bonchev–Trinajstić information content (AvgIpc) is 2.73. The maximum Gasteiger partial charge on any atom is 0.214 e. The van der Waals surface area contributed by atoms with Crippen LogP contribution in [0.4, 0.5) is 0 Å². The lowest BCUT2D eigenvalue weighted by molar-refractivity contribution is 0.663. The van der Waals surface area contributed by atoms with Gasteiger partial charge in [0, 0.05) is 30.9 Å². The van der Waals surface area contributed by atoms with Gasteiger partial charge in [0.2, 0.25) is 5.06 Å². The van der Waals surface area contributed by atoms with Crippen LogP contribution in [0.25, 0.3) is 10.6 Å². The molecule has 3 nitrogen and oxygen atoms in total. The van der Waals surface area contributed by atoms with Crippen LogP contribution in [-0.4, -0.2) is 9.97 Å². The number of hydrogen-bond donors (Lipinski definition) is 1. The van der Waals surface area contributed by atoms with Crippen LogP contribution in [0.2, 0.25) is 0 Å². The van der Waals surface area contributed by atoms with Crippen molar-refractivity contribution in [2.45, 2.75) is 13.3 Å². The zero-order chi connectivity index (χ0) is 10.7. The lowest BCUT2D eigenvalue weighted by Gasteiger charge is -1.92. The number of thiol groups is 1. The van der Waals surface area contributed by atoms with Crippen molar-refractivity contribution in [1.29, 1.82) is 0 Å². The van der Waals surface area contributed by atoms with Crippen molar-refractivity contribution >= 4 is 24.2 Å². The summed E-state index contributed by atoms with van der Waals surface area (Å²) in [6.07, 6.45) is 4.38. The first-order valence-electron chi connectivity index (χ1n) is 4.56. The standard InChI is InChI=1S/C10H10N2OS2/c1-2-8-10(13-14)15-9(12-8)7-4-3-5-11-6-7/h3-6,14H,2H2,1H3. The average molecular weight is 238 g/mol. The van der Waals surface area contributed by atoms with Gasteiger partial charge < -0.3 is 4.18 Å². The molecule has 0 saturated carbocycles. The molecule has 0 spiro atoms. The normalized spacial score (nSPS) is 10.3. The van der Waals surface area contributed by atoms with Crippen LogP contribution in [0.1, 0.15) is 12.6 Å².